The molecule has 6 rings (SSSR count). The number of nitrogens with one attached hydrogen (secondary N) is 1. The van der Waals surface area contributed by atoms with Crippen molar-refractivity contribution in [2.75, 3.05) is 39.5 Å². The fourth-order valence-electron chi connectivity index (χ4n) is 7.06. The van der Waals surface area contributed by atoms with Gasteiger partial charge in [0, 0.05) is 79.4 Å². The van der Waals surface area contributed by atoms with Gasteiger partial charge in [-0.25, -0.2) is 0 Å². The smallest absolute Gasteiger partial charge is 0.326 e. The summed E-state index contributed by atoms with van der Waals surface area (Å²) in [5, 5.41) is 42.4. The van der Waals surface area contributed by atoms with Crippen LogP contribution in [0.2, 0.25) is 5.02 Å². The maximum Gasteiger partial charge on any atom is 0.326 e. The van der Waals surface area contributed by atoms with Crippen molar-refractivity contribution >= 4 is 23.1 Å². The van der Waals surface area contributed by atoms with Gasteiger partial charge in [0.1, 0.15) is 41.9 Å². The average Bonchev–Trinajstić information content (AvgIpc) is 3.68. The van der Waals surface area contributed by atoms with E-state index in [9.17, 15) is 25.4 Å². The molecule has 12 heteroatoms. The van der Waals surface area contributed by atoms with Gasteiger partial charge in [0.25, 0.3) is 0 Å². The lowest BCUT2D eigenvalue weighted by atomic mass is 9.75. The zero-order chi connectivity index (χ0) is 41.8. The first-order chi connectivity index (χ1) is 28.5. The number of aromatic nitrogens is 1. The second-order valence-electron chi connectivity index (χ2n) is 15.1. The molecule has 4 atom stereocenters. The van der Waals surface area contributed by atoms with Gasteiger partial charge in [-0.1, -0.05) is 78.9 Å². The van der Waals surface area contributed by atoms with Crippen LogP contribution in [0.3, 0.4) is 0 Å². The minimum absolute atomic E-state index is 0.00921. The molecule has 1 aliphatic carbocycles. The Balaban J connectivity index is 1.35. The summed E-state index contributed by atoms with van der Waals surface area (Å²) in [5.41, 5.74) is 2.62. The van der Waals surface area contributed by atoms with Crippen LogP contribution in [-0.4, -0.2) is 87.9 Å². The highest BCUT2D eigenvalue weighted by Gasteiger charge is 2.42. The normalized spacial score (nSPS) is 20.0. The van der Waals surface area contributed by atoms with Crippen molar-refractivity contribution in [3.8, 4) is 29.4 Å². The van der Waals surface area contributed by atoms with Gasteiger partial charge < -0.3 is 34.4 Å². The van der Waals surface area contributed by atoms with Crippen LogP contribution in [-0.2, 0) is 22.7 Å². The molecule has 0 amide bonds. The number of hydrogen-bond acceptors (Lipinski definition) is 10. The molecule has 2 aliphatic rings. The second kappa shape index (κ2) is 20.0. The highest BCUT2D eigenvalue weighted by molar-refractivity contribution is 6.32. The van der Waals surface area contributed by atoms with Crippen LogP contribution in [0, 0.1) is 29.1 Å². The third-order valence-corrected chi connectivity index (χ3v) is 11.0. The van der Waals surface area contributed by atoms with E-state index in [0.29, 0.717) is 41.3 Å². The molecule has 1 aromatic heterocycles. The average molecular weight is 817 g/mol. The number of likely N-dealkylation sites (tertiary alicyclic amines) is 1. The van der Waals surface area contributed by atoms with Crippen LogP contribution in [0.5, 0.6) is 11.5 Å². The van der Waals surface area contributed by atoms with E-state index in [1.807, 2.05) is 54.6 Å². The maximum atomic E-state index is 12.0. The summed E-state index contributed by atoms with van der Waals surface area (Å²) in [4.78, 5) is 18.4. The summed E-state index contributed by atoms with van der Waals surface area (Å²) in [6.45, 7) is 5.62. The zero-order valence-corrected chi connectivity index (χ0v) is 34.0. The van der Waals surface area contributed by atoms with E-state index in [1.165, 1.54) is 13.1 Å². The summed E-state index contributed by atoms with van der Waals surface area (Å²) in [7, 11) is 0. The van der Waals surface area contributed by atoms with Crippen molar-refractivity contribution in [3.63, 3.8) is 0 Å². The van der Waals surface area contributed by atoms with Crippen molar-refractivity contribution in [1.29, 1.82) is 5.26 Å². The summed E-state index contributed by atoms with van der Waals surface area (Å²) in [6.07, 6.45) is 8.39. The lowest BCUT2D eigenvalue weighted by molar-refractivity contribution is -0.145. The van der Waals surface area contributed by atoms with Gasteiger partial charge in [-0.2, -0.15) is 5.26 Å². The standard InChI is InChI=1S/C47H49ClN4O7/c1-33-41(38-12-7-4-8-13-38)21-35(15-14-34-10-5-3-6-11-34)24-47(33,59-19-9-17-52-18-16-40(54)29-52)32-58-44-23-43(57-30-37-20-36(25-49)26-50-27-37)39(22-42(44)48)28-51-46(2,31-53)45(55)56/h3-8,10-13,20-24,26-27,33,40,51,53-54H,9,16-19,28-32H2,1-2H3,(H,55,56)/t33?,40-,46?,47?/m1/s1. The van der Waals surface area contributed by atoms with E-state index in [4.69, 9.17) is 25.8 Å². The van der Waals surface area contributed by atoms with E-state index in [-0.39, 0.29) is 36.8 Å². The lowest BCUT2D eigenvalue weighted by Gasteiger charge is -2.40. The minimum atomic E-state index is -1.63. The van der Waals surface area contributed by atoms with Crippen molar-refractivity contribution in [3.05, 3.63) is 142 Å². The number of aliphatic hydroxyl groups is 2. The number of carboxylic acids is 1. The molecule has 4 N–H and O–H groups in total. The summed E-state index contributed by atoms with van der Waals surface area (Å²) in [6, 6.07) is 27.0. The van der Waals surface area contributed by atoms with Crippen LogP contribution in [0.25, 0.3) is 5.57 Å². The van der Waals surface area contributed by atoms with Crippen LogP contribution in [0.15, 0.2) is 109 Å². The van der Waals surface area contributed by atoms with Crippen molar-refractivity contribution in [1.82, 2.24) is 15.2 Å². The number of carboxylic acid groups (broad SMARTS) is 1. The number of aliphatic carboxylic acids is 1. The molecule has 0 spiro atoms. The molecule has 1 saturated heterocycles. The summed E-state index contributed by atoms with van der Waals surface area (Å²) >= 11 is 6.95. The van der Waals surface area contributed by atoms with Crippen molar-refractivity contribution in [2.45, 2.75) is 57.1 Å². The van der Waals surface area contributed by atoms with E-state index < -0.39 is 23.7 Å². The Morgan fingerprint density at radius 2 is 1.81 bits per heavy atom. The number of nitriles is 1. The lowest BCUT2D eigenvalue weighted by Crippen LogP contribution is -2.52. The Bertz CT molecular complexity index is 2250. The van der Waals surface area contributed by atoms with Crippen LogP contribution in [0.4, 0.5) is 0 Å². The molecule has 2 heterocycles. The molecule has 306 valence electrons. The number of β-amino-alcohol motifs (C(OH)–C–C–N with tert-alkyl or cyclic N) is 1. The van der Waals surface area contributed by atoms with Gasteiger partial charge in [0.05, 0.1) is 23.3 Å². The van der Waals surface area contributed by atoms with Gasteiger partial charge in [0.2, 0.25) is 0 Å². The first-order valence-corrected chi connectivity index (χ1v) is 20.0. The first kappa shape index (κ1) is 43.1. The molecule has 3 aromatic carbocycles. The van der Waals surface area contributed by atoms with E-state index in [0.717, 1.165) is 48.2 Å². The number of benzene rings is 3. The van der Waals surface area contributed by atoms with Gasteiger partial charge in [-0.15, -0.1) is 0 Å². The van der Waals surface area contributed by atoms with Gasteiger partial charge >= 0.3 is 5.97 Å². The molecular formula is C47H49ClN4O7. The third kappa shape index (κ3) is 11.2. The predicted molar refractivity (Wildman–Crippen MR) is 226 cm³/mol. The molecule has 0 bridgehead atoms. The molecule has 59 heavy (non-hydrogen) atoms. The van der Waals surface area contributed by atoms with E-state index in [1.54, 1.807) is 24.4 Å². The number of nitrogens with zero attached hydrogens (tertiary/aromatic N) is 3. The molecule has 0 saturated carbocycles. The third-order valence-electron chi connectivity index (χ3n) is 10.7. The molecule has 11 nitrogen and oxygen atoms in total. The molecule has 1 fully saturated rings. The monoisotopic (exact) mass is 816 g/mol. The number of allylic oxidation sites excluding steroid dienone is 2. The number of hydrogen-bond donors (Lipinski definition) is 4. The molecule has 0 radical (unpaired) electrons. The summed E-state index contributed by atoms with van der Waals surface area (Å²) < 4.78 is 19.9. The quantitative estimate of drug-likeness (QED) is 0.0690. The predicted octanol–water partition coefficient (Wildman–Crippen LogP) is 6.41. The highest BCUT2D eigenvalue weighted by atomic mass is 35.5. The fraction of sp³-hybridized carbons (Fsp3) is 0.340. The first-order valence-electron chi connectivity index (χ1n) is 19.6. The zero-order valence-electron chi connectivity index (χ0n) is 33.2. The Hall–Kier alpha value is -5.50. The van der Waals surface area contributed by atoms with Gasteiger partial charge in [-0.3, -0.25) is 15.1 Å². The van der Waals surface area contributed by atoms with Crippen LogP contribution >= 0.6 is 11.6 Å². The van der Waals surface area contributed by atoms with E-state index >= 15 is 0 Å². The number of rotatable bonds is 17. The SMILES string of the molecule is CC1C(c2ccccc2)=CC(C#Cc2ccccc2)=CC1(COc1cc(OCc2cncc(C#N)c2)c(CNC(C)(CO)C(=O)O)cc1Cl)OCCCN1CC[C@@H](O)C1. The van der Waals surface area contributed by atoms with Crippen molar-refractivity contribution < 1.29 is 34.3 Å². The van der Waals surface area contributed by atoms with Crippen LogP contribution in [0.1, 0.15) is 54.5 Å². The van der Waals surface area contributed by atoms with Gasteiger partial charge in [0.15, 0.2) is 0 Å². The largest absolute Gasteiger partial charge is 0.488 e. The number of aliphatic hydroxyl groups excluding tert-OH is 2. The molecular weight excluding hydrogens is 768 g/mol. The second-order valence-corrected chi connectivity index (χ2v) is 15.5. The topological polar surface area (TPSA) is 157 Å². The Labute approximate surface area is 350 Å². The number of pyridine rings is 1. The maximum absolute atomic E-state index is 12.0. The molecule has 4 aromatic rings. The minimum Gasteiger partial charge on any atom is -0.488 e. The van der Waals surface area contributed by atoms with E-state index in [2.05, 4.69) is 58.2 Å². The van der Waals surface area contributed by atoms with Gasteiger partial charge in [-0.05, 0) is 67.3 Å². The fourth-order valence-corrected chi connectivity index (χ4v) is 7.30. The summed E-state index contributed by atoms with van der Waals surface area (Å²) in [5.74, 6) is 5.92. The number of carbonyl (C=O) groups is 1. The molecule has 1 aliphatic heterocycles. The number of ether oxygens (including phenoxy) is 3. The Morgan fingerprint density at radius 1 is 1.05 bits per heavy atom. The van der Waals surface area contributed by atoms with Crippen molar-refractivity contribution in [2.24, 2.45) is 5.92 Å². The number of halogens is 1. The Kier molecular flexibility index (Phi) is 14.6. The van der Waals surface area contributed by atoms with Crippen LogP contribution < -0.4 is 14.8 Å². The molecule has 3 unspecified atom stereocenters. The highest BCUT2D eigenvalue weighted by Crippen LogP contribution is 2.42. The Morgan fingerprint density at radius 3 is 2.51 bits per heavy atom.